The van der Waals surface area contributed by atoms with Crippen LogP contribution in [-0.4, -0.2) is 46.9 Å². The minimum Gasteiger partial charge on any atom is -0.495 e. The maximum atomic E-state index is 12.6. The number of aryl methyl sites for hydroxylation is 2. The molecule has 2 aromatic rings. The lowest BCUT2D eigenvalue weighted by atomic mass is 10.1. The van der Waals surface area contributed by atoms with Crippen LogP contribution in [-0.2, 0) is 14.8 Å². The zero-order chi connectivity index (χ0) is 22.5. The number of amides is 1. The van der Waals surface area contributed by atoms with Crippen molar-refractivity contribution in [3.8, 4) is 11.5 Å². The summed E-state index contributed by atoms with van der Waals surface area (Å²) in [5.41, 5.74) is 2.45. The van der Waals surface area contributed by atoms with Crippen LogP contribution < -0.4 is 19.1 Å². The molecule has 2 rings (SSSR count). The molecule has 1 N–H and O–H groups in total. The third-order valence-corrected chi connectivity index (χ3v) is 5.88. The smallest absolute Gasteiger partial charge is 0.243 e. The summed E-state index contributed by atoms with van der Waals surface area (Å²) >= 11 is 6.13. The Morgan fingerprint density at radius 3 is 2.33 bits per heavy atom. The predicted octanol–water partition coefficient (Wildman–Crippen LogP) is 3.32. The lowest BCUT2D eigenvalue weighted by Crippen LogP contribution is -2.48. The standard InChI is InChI=1S/C21H27ClN2O5S/c1-14-10-15(2)12-18(11-14)29-9-8-23-21(25)16(3)24(30(5,26)27)17-6-7-20(28-4)19(22)13-17/h6-7,10-13,16H,8-9H2,1-5H3,(H,23,25)/t16-/m1/s1. The Bertz CT molecular complexity index is 990. The van der Waals surface area contributed by atoms with Crippen LogP contribution in [0.25, 0.3) is 0 Å². The van der Waals surface area contributed by atoms with Crippen molar-refractivity contribution in [1.82, 2.24) is 5.32 Å². The Balaban J connectivity index is 2.04. The van der Waals surface area contributed by atoms with Gasteiger partial charge in [-0.1, -0.05) is 17.7 Å². The van der Waals surface area contributed by atoms with E-state index in [0.717, 1.165) is 27.4 Å². The molecule has 0 aromatic heterocycles. The van der Waals surface area contributed by atoms with Crippen molar-refractivity contribution in [3.05, 3.63) is 52.5 Å². The van der Waals surface area contributed by atoms with Crippen LogP contribution in [0.4, 0.5) is 5.69 Å². The van der Waals surface area contributed by atoms with E-state index >= 15 is 0 Å². The molecule has 0 aliphatic carbocycles. The number of nitrogens with one attached hydrogen (secondary N) is 1. The van der Waals surface area contributed by atoms with Crippen LogP contribution in [0.3, 0.4) is 0 Å². The molecular weight excluding hydrogens is 428 g/mol. The summed E-state index contributed by atoms with van der Waals surface area (Å²) in [5.74, 6) is 0.686. The second-order valence-electron chi connectivity index (χ2n) is 7.02. The lowest BCUT2D eigenvalue weighted by molar-refractivity contribution is -0.121. The van der Waals surface area contributed by atoms with E-state index in [1.54, 1.807) is 12.1 Å². The fourth-order valence-corrected chi connectivity index (χ4v) is 4.53. The van der Waals surface area contributed by atoms with Gasteiger partial charge in [0.2, 0.25) is 15.9 Å². The highest BCUT2D eigenvalue weighted by Gasteiger charge is 2.29. The summed E-state index contributed by atoms with van der Waals surface area (Å²) in [6.07, 6.45) is 1.04. The normalized spacial score (nSPS) is 12.2. The molecule has 0 bridgehead atoms. The third kappa shape index (κ3) is 6.27. The van der Waals surface area contributed by atoms with Crippen LogP contribution >= 0.6 is 11.6 Å². The first-order valence-electron chi connectivity index (χ1n) is 9.34. The van der Waals surface area contributed by atoms with Gasteiger partial charge >= 0.3 is 0 Å². The van der Waals surface area contributed by atoms with Gasteiger partial charge in [0.15, 0.2) is 0 Å². The number of benzene rings is 2. The average molecular weight is 455 g/mol. The Hall–Kier alpha value is -2.45. The van der Waals surface area contributed by atoms with E-state index in [2.05, 4.69) is 5.32 Å². The second-order valence-corrected chi connectivity index (χ2v) is 9.28. The van der Waals surface area contributed by atoms with E-state index in [-0.39, 0.29) is 23.9 Å². The van der Waals surface area contributed by atoms with E-state index in [1.165, 1.54) is 20.1 Å². The van der Waals surface area contributed by atoms with Gasteiger partial charge in [-0.05, 0) is 62.2 Å². The highest BCUT2D eigenvalue weighted by Crippen LogP contribution is 2.31. The molecule has 0 heterocycles. The first kappa shape index (κ1) is 23.8. The molecule has 1 atom stereocenters. The van der Waals surface area contributed by atoms with E-state index < -0.39 is 22.0 Å². The predicted molar refractivity (Wildman–Crippen MR) is 119 cm³/mol. The number of sulfonamides is 1. The van der Waals surface area contributed by atoms with Gasteiger partial charge in [0.05, 0.1) is 30.6 Å². The van der Waals surface area contributed by atoms with Crippen LogP contribution in [0.15, 0.2) is 36.4 Å². The van der Waals surface area contributed by atoms with Crippen LogP contribution in [0, 0.1) is 13.8 Å². The monoisotopic (exact) mass is 454 g/mol. The SMILES string of the molecule is COc1ccc(N([C@H](C)C(=O)NCCOc2cc(C)cc(C)c2)S(C)(=O)=O)cc1Cl. The Kier molecular flexibility index (Phi) is 7.97. The van der Waals surface area contributed by atoms with Gasteiger partial charge < -0.3 is 14.8 Å². The van der Waals surface area contributed by atoms with Gasteiger partial charge in [0.1, 0.15) is 24.1 Å². The van der Waals surface area contributed by atoms with Gasteiger partial charge in [-0.15, -0.1) is 0 Å². The van der Waals surface area contributed by atoms with Crippen molar-refractivity contribution in [2.45, 2.75) is 26.8 Å². The molecule has 0 aliphatic heterocycles. The van der Waals surface area contributed by atoms with Gasteiger partial charge in [-0.2, -0.15) is 0 Å². The maximum absolute atomic E-state index is 12.6. The summed E-state index contributed by atoms with van der Waals surface area (Å²) in [6, 6.07) is 9.44. The Morgan fingerprint density at radius 1 is 1.17 bits per heavy atom. The summed E-state index contributed by atoms with van der Waals surface area (Å²) < 4.78 is 36.5. The van der Waals surface area contributed by atoms with Gasteiger partial charge in [0, 0.05) is 0 Å². The van der Waals surface area contributed by atoms with Crippen LogP contribution in [0.5, 0.6) is 11.5 Å². The Labute approximate surface area is 183 Å². The summed E-state index contributed by atoms with van der Waals surface area (Å²) in [7, 11) is -2.28. The number of halogens is 1. The molecule has 0 aliphatic rings. The van der Waals surface area contributed by atoms with Gasteiger partial charge in [-0.25, -0.2) is 8.42 Å². The topological polar surface area (TPSA) is 84.9 Å². The first-order chi connectivity index (χ1) is 14.0. The molecule has 9 heteroatoms. The summed E-state index contributed by atoms with van der Waals surface area (Å²) in [4.78, 5) is 12.6. The molecule has 1 amide bonds. The molecule has 2 aromatic carbocycles. The number of rotatable bonds is 9. The summed E-state index contributed by atoms with van der Waals surface area (Å²) in [6.45, 7) is 5.97. The van der Waals surface area contributed by atoms with E-state index in [9.17, 15) is 13.2 Å². The molecule has 30 heavy (non-hydrogen) atoms. The van der Waals surface area contributed by atoms with E-state index in [0.29, 0.717) is 5.75 Å². The molecule has 0 spiro atoms. The third-order valence-electron chi connectivity index (χ3n) is 4.34. The fourth-order valence-electron chi connectivity index (χ4n) is 3.11. The maximum Gasteiger partial charge on any atom is 0.243 e. The zero-order valence-electron chi connectivity index (χ0n) is 17.7. The minimum absolute atomic E-state index is 0.233. The molecule has 0 saturated heterocycles. The van der Waals surface area contributed by atoms with Crippen LogP contribution in [0.2, 0.25) is 5.02 Å². The van der Waals surface area contributed by atoms with E-state index in [1.807, 2.05) is 32.0 Å². The van der Waals surface area contributed by atoms with Crippen molar-refractivity contribution < 1.29 is 22.7 Å². The van der Waals surface area contributed by atoms with Crippen molar-refractivity contribution in [3.63, 3.8) is 0 Å². The van der Waals surface area contributed by atoms with Crippen LogP contribution in [0.1, 0.15) is 18.1 Å². The molecule has 0 fully saturated rings. The number of carbonyl (C=O) groups excluding carboxylic acids is 1. The number of anilines is 1. The number of methoxy groups -OCH3 is 1. The van der Waals surface area contributed by atoms with Crippen molar-refractivity contribution in [2.24, 2.45) is 0 Å². The molecule has 164 valence electrons. The molecule has 0 unspecified atom stereocenters. The number of ether oxygens (including phenoxy) is 2. The number of carbonyl (C=O) groups is 1. The van der Waals surface area contributed by atoms with Crippen molar-refractivity contribution >= 4 is 33.2 Å². The fraction of sp³-hybridized carbons (Fsp3) is 0.381. The van der Waals surface area contributed by atoms with Gasteiger partial charge in [-0.3, -0.25) is 9.10 Å². The highest BCUT2D eigenvalue weighted by atomic mass is 35.5. The van der Waals surface area contributed by atoms with Gasteiger partial charge in [0.25, 0.3) is 0 Å². The van der Waals surface area contributed by atoms with Crippen molar-refractivity contribution in [2.75, 3.05) is 30.8 Å². The number of hydrogen-bond acceptors (Lipinski definition) is 5. The number of nitrogens with zero attached hydrogens (tertiary/aromatic N) is 1. The number of hydrogen-bond donors (Lipinski definition) is 1. The largest absolute Gasteiger partial charge is 0.495 e. The van der Waals surface area contributed by atoms with Crippen molar-refractivity contribution in [1.29, 1.82) is 0 Å². The lowest BCUT2D eigenvalue weighted by Gasteiger charge is -2.28. The molecular formula is C21H27ClN2O5S. The molecule has 0 radical (unpaired) electrons. The average Bonchev–Trinajstić information content (AvgIpc) is 2.63. The van der Waals surface area contributed by atoms with E-state index in [4.69, 9.17) is 21.1 Å². The highest BCUT2D eigenvalue weighted by molar-refractivity contribution is 7.92. The first-order valence-corrected chi connectivity index (χ1v) is 11.6. The Morgan fingerprint density at radius 2 is 1.80 bits per heavy atom. The molecule has 0 saturated carbocycles. The zero-order valence-corrected chi connectivity index (χ0v) is 19.3. The second kappa shape index (κ2) is 10.0. The molecule has 7 nitrogen and oxygen atoms in total. The summed E-state index contributed by atoms with van der Waals surface area (Å²) in [5, 5.41) is 2.96. The minimum atomic E-state index is -3.74. The quantitative estimate of drug-likeness (QED) is 0.587.